The van der Waals surface area contributed by atoms with E-state index in [2.05, 4.69) is 21.2 Å². The number of benzene rings is 1. The standard InChI is InChI=1S/C9H9BrFNO2/c1-12-4-9(14)5-2-7(11)6(10)3-8(5)13/h2-3,12-13H,4H2,1H3. The van der Waals surface area contributed by atoms with Gasteiger partial charge < -0.3 is 10.4 Å². The van der Waals surface area contributed by atoms with Crippen LogP contribution in [0, 0.1) is 5.82 Å². The van der Waals surface area contributed by atoms with Gasteiger partial charge in [0.1, 0.15) is 11.6 Å². The monoisotopic (exact) mass is 261 g/mol. The maximum absolute atomic E-state index is 13.0. The fourth-order valence-corrected chi connectivity index (χ4v) is 1.35. The van der Waals surface area contributed by atoms with E-state index in [0.717, 1.165) is 12.1 Å². The summed E-state index contributed by atoms with van der Waals surface area (Å²) < 4.78 is 13.2. The van der Waals surface area contributed by atoms with E-state index in [0.29, 0.717) is 0 Å². The van der Waals surface area contributed by atoms with E-state index in [1.165, 1.54) is 0 Å². The number of aromatic hydroxyl groups is 1. The van der Waals surface area contributed by atoms with Crippen LogP contribution in [0.1, 0.15) is 10.4 Å². The average molecular weight is 262 g/mol. The SMILES string of the molecule is CNCC(=O)c1cc(F)c(Br)cc1O. The number of carbonyl (C=O) groups excluding carboxylic acids is 1. The predicted octanol–water partition coefficient (Wildman–Crippen LogP) is 1.70. The largest absolute Gasteiger partial charge is 0.507 e. The molecule has 0 saturated heterocycles. The van der Waals surface area contributed by atoms with Gasteiger partial charge >= 0.3 is 0 Å². The summed E-state index contributed by atoms with van der Waals surface area (Å²) in [6, 6.07) is 2.18. The summed E-state index contributed by atoms with van der Waals surface area (Å²) in [7, 11) is 1.60. The summed E-state index contributed by atoms with van der Waals surface area (Å²) in [4.78, 5) is 11.3. The highest BCUT2D eigenvalue weighted by atomic mass is 79.9. The maximum Gasteiger partial charge on any atom is 0.180 e. The number of ketones is 1. The molecule has 1 rings (SSSR count). The maximum atomic E-state index is 13.0. The highest BCUT2D eigenvalue weighted by molar-refractivity contribution is 9.10. The van der Waals surface area contributed by atoms with Crippen LogP contribution < -0.4 is 5.32 Å². The van der Waals surface area contributed by atoms with Gasteiger partial charge in [-0.3, -0.25) is 4.79 Å². The molecule has 76 valence electrons. The zero-order valence-corrected chi connectivity index (χ0v) is 9.06. The molecule has 1 aromatic carbocycles. The predicted molar refractivity (Wildman–Crippen MR) is 54.0 cm³/mol. The third kappa shape index (κ3) is 2.30. The Labute approximate surface area is 89.1 Å². The first-order chi connectivity index (χ1) is 6.56. The first kappa shape index (κ1) is 11.1. The Balaban J connectivity index is 3.09. The number of rotatable bonds is 3. The number of likely N-dealkylation sites (N-methyl/N-ethyl adjacent to an activating group) is 1. The van der Waals surface area contributed by atoms with Crippen molar-refractivity contribution in [3.8, 4) is 5.75 Å². The summed E-state index contributed by atoms with van der Waals surface area (Å²) in [5, 5.41) is 12.0. The van der Waals surface area contributed by atoms with Gasteiger partial charge in [-0.25, -0.2) is 4.39 Å². The Bertz CT molecular complexity index is 368. The Morgan fingerprint density at radius 1 is 1.64 bits per heavy atom. The molecule has 0 aliphatic rings. The molecule has 0 bridgehead atoms. The molecule has 0 amide bonds. The molecule has 0 fully saturated rings. The Kier molecular flexibility index (Phi) is 3.60. The Morgan fingerprint density at radius 2 is 2.29 bits per heavy atom. The van der Waals surface area contributed by atoms with Gasteiger partial charge in [0.15, 0.2) is 5.78 Å². The van der Waals surface area contributed by atoms with Gasteiger partial charge in [-0.1, -0.05) is 0 Å². The number of carbonyl (C=O) groups is 1. The summed E-state index contributed by atoms with van der Waals surface area (Å²) in [6.07, 6.45) is 0. The first-order valence-corrected chi connectivity index (χ1v) is 4.71. The number of phenolic OH excluding ortho intramolecular Hbond substituents is 1. The van der Waals surface area contributed by atoms with E-state index in [9.17, 15) is 14.3 Å². The molecule has 5 heteroatoms. The quantitative estimate of drug-likeness (QED) is 0.815. The summed E-state index contributed by atoms with van der Waals surface area (Å²) in [5.74, 6) is -1.14. The normalized spacial score (nSPS) is 10.2. The van der Waals surface area contributed by atoms with E-state index in [1.807, 2.05) is 0 Å². The Morgan fingerprint density at radius 3 is 2.86 bits per heavy atom. The van der Waals surface area contributed by atoms with Crippen LogP contribution in [0.15, 0.2) is 16.6 Å². The smallest absolute Gasteiger partial charge is 0.180 e. The molecule has 14 heavy (non-hydrogen) atoms. The first-order valence-electron chi connectivity index (χ1n) is 3.92. The van der Waals surface area contributed by atoms with E-state index in [4.69, 9.17) is 0 Å². The Hall–Kier alpha value is -0.940. The van der Waals surface area contributed by atoms with Crippen molar-refractivity contribution < 1.29 is 14.3 Å². The molecule has 1 aromatic rings. The lowest BCUT2D eigenvalue weighted by atomic mass is 10.1. The van der Waals surface area contributed by atoms with Gasteiger partial charge in [0, 0.05) is 0 Å². The zero-order valence-electron chi connectivity index (χ0n) is 7.47. The number of hydrogen-bond donors (Lipinski definition) is 2. The molecule has 0 saturated carbocycles. The van der Waals surface area contributed by atoms with Crippen molar-refractivity contribution in [2.24, 2.45) is 0 Å². The van der Waals surface area contributed by atoms with Gasteiger partial charge in [0.2, 0.25) is 0 Å². The van der Waals surface area contributed by atoms with Gasteiger partial charge in [-0.2, -0.15) is 0 Å². The van der Waals surface area contributed by atoms with E-state index in [-0.39, 0.29) is 28.1 Å². The third-order valence-electron chi connectivity index (χ3n) is 1.68. The van der Waals surface area contributed by atoms with Gasteiger partial charge in [0.25, 0.3) is 0 Å². The highest BCUT2D eigenvalue weighted by Crippen LogP contribution is 2.25. The van der Waals surface area contributed by atoms with Crippen LogP contribution >= 0.6 is 15.9 Å². The third-order valence-corrected chi connectivity index (χ3v) is 2.28. The minimum atomic E-state index is -0.567. The van der Waals surface area contributed by atoms with Crippen molar-refractivity contribution in [3.05, 3.63) is 28.0 Å². The van der Waals surface area contributed by atoms with Crippen molar-refractivity contribution in [2.45, 2.75) is 0 Å². The minimum Gasteiger partial charge on any atom is -0.507 e. The number of phenols is 1. The van der Waals surface area contributed by atoms with Crippen LogP contribution in [-0.2, 0) is 0 Å². The van der Waals surface area contributed by atoms with Crippen molar-refractivity contribution >= 4 is 21.7 Å². The van der Waals surface area contributed by atoms with Crippen molar-refractivity contribution in [1.29, 1.82) is 0 Å². The van der Waals surface area contributed by atoms with Crippen molar-refractivity contribution in [2.75, 3.05) is 13.6 Å². The molecule has 0 atom stereocenters. The van der Waals surface area contributed by atoms with Gasteiger partial charge in [0.05, 0.1) is 16.6 Å². The molecular weight excluding hydrogens is 253 g/mol. The lowest BCUT2D eigenvalue weighted by Crippen LogP contribution is -2.18. The number of nitrogens with one attached hydrogen (secondary N) is 1. The second-order valence-corrected chi connectivity index (χ2v) is 3.59. The number of hydrogen-bond acceptors (Lipinski definition) is 3. The second kappa shape index (κ2) is 4.52. The number of Topliss-reactive ketones (excluding diaryl/α,β-unsaturated/α-hetero) is 1. The van der Waals surface area contributed by atoms with Crippen molar-refractivity contribution in [1.82, 2.24) is 5.32 Å². The average Bonchev–Trinajstić information content (AvgIpc) is 2.11. The van der Waals surface area contributed by atoms with E-state index < -0.39 is 5.82 Å². The lowest BCUT2D eigenvalue weighted by molar-refractivity contribution is 0.0990. The van der Waals surface area contributed by atoms with Crippen LogP contribution in [0.2, 0.25) is 0 Å². The molecular formula is C9H9BrFNO2. The molecule has 0 aromatic heterocycles. The fraction of sp³-hybridized carbons (Fsp3) is 0.222. The molecule has 0 aliphatic heterocycles. The number of halogens is 2. The van der Waals surface area contributed by atoms with Crippen LogP contribution in [-0.4, -0.2) is 24.5 Å². The zero-order chi connectivity index (χ0) is 10.7. The minimum absolute atomic E-state index is 0.0138. The van der Waals surface area contributed by atoms with Crippen molar-refractivity contribution in [3.63, 3.8) is 0 Å². The molecule has 0 unspecified atom stereocenters. The lowest BCUT2D eigenvalue weighted by Gasteiger charge is -2.04. The molecule has 0 aliphatic carbocycles. The molecule has 0 heterocycles. The van der Waals surface area contributed by atoms with Crippen LogP contribution in [0.5, 0.6) is 5.75 Å². The topological polar surface area (TPSA) is 49.3 Å². The highest BCUT2D eigenvalue weighted by Gasteiger charge is 2.13. The van der Waals surface area contributed by atoms with Crippen LogP contribution in [0.3, 0.4) is 0 Å². The summed E-state index contributed by atoms with van der Waals surface area (Å²) >= 11 is 2.91. The molecule has 0 radical (unpaired) electrons. The van der Waals surface area contributed by atoms with Gasteiger partial charge in [-0.15, -0.1) is 0 Å². The molecule has 3 nitrogen and oxygen atoms in total. The second-order valence-electron chi connectivity index (χ2n) is 2.74. The fourth-order valence-electron chi connectivity index (χ4n) is 1.02. The van der Waals surface area contributed by atoms with Gasteiger partial charge in [-0.05, 0) is 35.1 Å². The molecule has 0 spiro atoms. The van der Waals surface area contributed by atoms with E-state index >= 15 is 0 Å². The molecule has 2 N–H and O–H groups in total. The summed E-state index contributed by atoms with van der Waals surface area (Å²) in [6.45, 7) is 0.0641. The van der Waals surface area contributed by atoms with Crippen LogP contribution in [0.4, 0.5) is 4.39 Å². The van der Waals surface area contributed by atoms with Crippen LogP contribution in [0.25, 0.3) is 0 Å². The summed E-state index contributed by atoms with van der Waals surface area (Å²) in [5.41, 5.74) is -0.0138. The van der Waals surface area contributed by atoms with E-state index in [1.54, 1.807) is 7.05 Å².